The molecule has 21 heavy (non-hydrogen) atoms. The molecule has 1 heterocycles. The molecule has 0 radical (unpaired) electrons. The van der Waals surface area contributed by atoms with Gasteiger partial charge in [-0.2, -0.15) is 13.2 Å². The van der Waals surface area contributed by atoms with Gasteiger partial charge in [0.15, 0.2) is 0 Å². The molecule has 0 atom stereocenters. The van der Waals surface area contributed by atoms with Crippen molar-refractivity contribution in [3.05, 3.63) is 23.9 Å². The standard InChI is InChI=1S/C14H17F3N2O2/c15-14(16,17)10-5-4-6-11(19-10)18-9-13(12(20)21)7-2-1-3-8-13/h4-6H,1-3,7-9H2,(H,18,19)(H,20,21). The van der Waals surface area contributed by atoms with Crippen LogP contribution in [0.5, 0.6) is 0 Å². The Morgan fingerprint density at radius 1 is 1.29 bits per heavy atom. The van der Waals surface area contributed by atoms with Crippen LogP contribution in [0.2, 0.25) is 0 Å². The van der Waals surface area contributed by atoms with Gasteiger partial charge in [0.2, 0.25) is 0 Å². The van der Waals surface area contributed by atoms with Crippen molar-refractivity contribution in [3.63, 3.8) is 0 Å². The van der Waals surface area contributed by atoms with E-state index in [2.05, 4.69) is 10.3 Å². The average molecular weight is 302 g/mol. The third-order valence-corrected chi connectivity index (χ3v) is 3.91. The number of pyridine rings is 1. The van der Waals surface area contributed by atoms with Gasteiger partial charge in [-0.25, -0.2) is 4.98 Å². The molecule has 1 aliphatic rings. The van der Waals surface area contributed by atoms with E-state index in [0.717, 1.165) is 25.3 Å². The molecule has 0 amide bonds. The molecule has 0 aliphatic heterocycles. The van der Waals surface area contributed by atoms with Crippen molar-refractivity contribution in [2.75, 3.05) is 11.9 Å². The lowest BCUT2D eigenvalue weighted by molar-refractivity contribution is -0.150. The quantitative estimate of drug-likeness (QED) is 0.893. The maximum absolute atomic E-state index is 12.6. The van der Waals surface area contributed by atoms with Crippen LogP contribution in [0.15, 0.2) is 18.2 Å². The van der Waals surface area contributed by atoms with Crippen molar-refractivity contribution < 1.29 is 23.1 Å². The number of aromatic nitrogens is 1. The van der Waals surface area contributed by atoms with Crippen LogP contribution in [0.25, 0.3) is 0 Å². The Labute approximate surface area is 120 Å². The van der Waals surface area contributed by atoms with E-state index in [0.29, 0.717) is 12.8 Å². The number of nitrogens with zero attached hydrogens (tertiary/aromatic N) is 1. The SMILES string of the molecule is O=C(O)C1(CNc2cccc(C(F)(F)F)n2)CCCCC1. The molecule has 1 fully saturated rings. The lowest BCUT2D eigenvalue weighted by Gasteiger charge is -2.33. The monoisotopic (exact) mass is 302 g/mol. The Hall–Kier alpha value is -1.79. The molecule has 0 bridgehead atoms. The number of alkyl halides is 3. The zero-order chi connectivity index (χ0) is 15.5. The Bertz CT molecular complexity index is 511. The fourth-order valence-corrected chi connectivity index (χ4v) is 2.65. The summed E-state index contributed by atoms with van der Waals surface area (Å²) in [5.74, 6) is -0.849. The van der Waals surface area contributed by atoms with Gasteiger partial charge in [0.05, 0.1) is 5.41 Å². The van der Waals surface area contributed by atoms with Gasteiger partial charge in [0.1, 0.15) is 11.5 Å². The first-order valence-corrected chi connectivity index (χ1v) is 6.85. The molecular formula is C14H17F3N2O2. The summed E-state index contributed by atoms with van der Waals surface area (Å²) >= 11 is 0. The second-order valence-electron chi connectivity index (χ2n) is 5.41. The molecule has 0 spiro atoms. The molecular weight excluding hydrogens is 285 g/mol. The van der Waals surface area contributed by atoms with E-state index in [1.54, 1.807) is 0 Å². The van der Waals surface area contributed by atoms with Crippen LogP contribution in [0, 0.1) is 5.41 Å². The number of carboxylic acid groups (broad SMARTS) is 1. The number of anilines is 1. The zero-order valence-electron chi connectivity index (χ0n) is 11.4. The normalized spacial score (nSPS) is 18.2. The summed E-state index contributed by atoms with van der Waals surface area (Å²) in [4.78, 5) is 15.0. The molecule has 1 aromatic heterocycles. The number of aliphatic carboxylic acids is 1. The Kier molecular flexibility index (Phi) is 4.39. The van der Waals surface area contributed by atoms with Crippen molar-refractivity contribution in [2.24, 2.45) is 5.41 Å². The first-order chi connectivity index (χ1) is 9.83. The average Bonchev–Trinajstić information content (AvgIpc) is 2.45. The Morgan fingerprint density at radius 2 is 1.95 bits per heavy atom. The molecule has 1 saturated carbocycles. The van der Waals surface area contributed by atoms with Crippen LogP contribution in [0.3, 0.4) is 0 Å². The predicted octanol–water partition coefficient (Wildman–Crippen LogP) is 3.55. The number of nitrogens with one attached hydrogen (secondary N) is 1. The van der Waals surface area contributed by atoms with E-state index in [1.165, 1.54) is 12.1 Å². The molecule has 1 aromatic rings. The second kappa shape index (κ2) is 5.91. The number of carbonyl (C=O) groups is 1. The van der Waals surface area contributed by atoms with Gasteiger partial charge >= 0.3 is 12.1 Å². The highest BCUT2D eigenvalue weighted by molar-refractivity contribution is 5.75. The summed E-state index contributed by atoms with van der Waals surface area (Å²) < 4.78 is 37.7. The van der Waals surface area contributed by atoms with Gasteiger partial charge in [-0.05, 0) is 25.0 Å². The van der Waals surface area contributed by atoms with Crippen molar-refractivity contribution in [1.29, 1.82) is 0 Å². The summed E-state index contributed by atoms with van der Waals surface area (Å²) in [6.45, 7) is 0.0939. The minimum absolute atomic E-state index is 0.0519. The van der Waals surface area contributed by atoms with Crippen LogP contribution >= 0.6 is 0 Å². The molecule has 1 aliphatic carbocycles. The fraction of sp³-hybridized carbons (Fsp3) is 0.571. The molecule has 0 saturated heterocycles. The van der Waals surface area contributed by atoms with Gasteiger partial charge in [0.25, 0.3) is 0 Å². The maximum atomic E-state index is 12.6. The van der Waals surface area contributed by atoms with E-state index >= 15 is 0 Å². The predicted molar refractivity (Wildman–Crippen MR) is 70.9 cm³/mol. The third-order valence-electron chi connectivity index (χ3n) is 3.91. The molecule has 2 rings (SSSR count). The van der Waals surface area contributed by atoms with Crippen molar-refractivity contribution in [1.82, 2.24) is 4.98 Å². The van der Waals surface area contributed by atoms with Gasteiger partial charge in [-0.15, -0.1) is 0 Å². The number of hydrogen-bond acceptors (Lipinski definition) is 3. The number of carboxylic acids is 1. The minimum Gasteiger partial charge on any atom is -0.481 e. The summed E-state index contributed by atoms with van der Waals surface area (Å²) in [6, 6.07) is 3.55. The van der Waals surface area contributed by atoms with E-state index in [4.69, 9.17) is 0 Å². The summed E-state index contributed by atoms with van der Waals surface area (Å²) in [5, 5.41) is 12.2. The van der Waals surface area contributed by atoms with E-state index in [1.807, 2.05) is 0 Å². The largest absolute Gasteiger partial charge is 0.481 e. The third kappa shape index (κ3) is 3.65. The van der Waals surface area contributed by atoms with E-state index in [9.17, 15) is 23.1 Å². The Morgan fingerprint density at radius 3 is 2.52 bits per heavy atom. The van der Waals surface area contributed by atoms with Crippen molar-refractivity contribution >= 4 is 11.8 Å². The lowest BCUT2D eigenvalue weighted by atomic mass is 9.74. The van der Waals surface area contributed by atoms with E-state index < -0.39 is 23.3 Å². The topological polar surface area (TPSA) is 62.2 Å². The highest BCUT2D eigenvalue weighted by Gasteiger charge is 2.39. The van der Waals surface area contributed by atoms with Crippen LogP contribution in [0.4, 0.5) is 19.0 Å². The van der Waals surface area contributed by atoms with Crippen LogP contribution in [0.1, 0.15) is 37.8 Å². The fourth-order valence-electron chi connectivity index (χ4n) is 2.65. The van der Waals surface area contributed by atoms with Crippen molar-refractivity contribution in [2.45, 2.75) is 38.3 Å². The molecule has 116 valence electrons. The van der Waals surface area contributed by atoms with Gasteiger partial charge < -0.3 is 10.4 Å². The minimum atomic E-state index is -4.51. The van der Waals surface area contributed by atoms with Crippen molar-refractivity contribution in [3.8, 4) is 0 Å². The van der Waals surface area contributed by atoms with Crippen LogP contribution < -0.4 is 5.32 Å². The smallest absolute Gasteiger partial charge is 0.433 e. The molecule has 2 N–H and O–H groups in total. The number of hydrogen-bond donors (Lipinski definition) is 2. The number of rotatable bonds is 4. The molecule has 0 aromatic carbocycles. The van der Waals surface area contributed by atoms with Crippen LogP contribution in [-0.2, 0) is 11.0 Å². The van der Waals surface area contributed by atoms with Gasteiger partial charge in [-0.3, -0.25) is 4.79 Å². The maximum Gasteiger partial charge on any atom is 0.433 e. The first-order valence-electron chi connectivity index (χ1n) is 6.85. The zero-order valence-corrected chi connectivity index (χ0v) is 11.4. The second-order valence-corrected chi connectivity index (χ2v) is 5.41. The van der Waals surface area contributed by atoms with E-state index in [-0.39, 0.29) is 12.4 Å². The number of halogens is 3. The molecule has 4 nitrogen and oxygen atoms in total. The molecule has 0 unspecified atom stereocenters. The first kappa shape index (κ1) is 15.6. The highest BCUT2D eigenvalue weighted by Crippen LogP contribution is 2.37. The molecule has 7 heteroatoms. The van der Waals surface area contributed by atoms with Gasteiger partial charge in [0, 0.05) is 6.54 Å². The lowest BCUT2D eigenvalue weighted by Crippen LogP contribution is -2.39. The summed E-state index contributed by atoms with van der Waals surface area (Å²) in [6.07, 6.45) is -0.791. The van der Waals surface area contributed by atoms with Gasteiger partial charge in [-0.1, -0.05) is 25.3 Å². The van der Waals surface area contributed by atoms with Crippen LogP contribution in [-0.4, -0.2) is 22.6 Å². The summed E-state index contributed by atoms with van der Waals surface area (Å²) in [5.41, 5.74) is -1.89. The summed E-state index contributed by atoms with van der Waals surface area (Å²) in [7, 11) is 0. The highest BCUT2D eigenvalue weighted by atomic mass is 19.4. The Balaban J connectivity index is 2.09.